The highest BCUT2D eigenvalue weighted by Crippen LogP contribution is 2.33. The molecule has 0 spiro atoms. The molecule has 1 aliphatic heterocycles. The van der Waals surface area contributed by atoms with Gasteiger partial charge in [0, 0.05) is 18.7 Å². The van der Waals surface area contributed by atoms with Crippen LogP contribution in [0.5, 0.6) is 5.75 Å². The van der Waals surface area contributed by atoms with Crippen LogP contribution >= 0.6 is 0 Å². The van der Waals surface area contributed by atoms with E-state index in [0.717, 1.165) is 18.2 Å². The number of carbonyl (C=O) groups is 2. The van der Waals surface area contributed by atoms with E-state index in [1.54, 1.807) is 0 Å². The van der Waals surface area contributed by atoms with Crippen molar-refractivity contribution in [2.75, 3.05) is 16.8 Å². The highest BCUT2D eigenvalue weighted by molar-refractivity contribution is 6.03. The smallest absolute Gasteiger partial charge is 0.407 e. The summed E-state index contributed by atoms with van der Waals surface area (Å²) in [6, 6.07) is 9.97. The SMILES string of the molecule is O=C(Nc1nnc([C@@H]2CC(=O)N(c3ccc(OC(F)(F)F)cc3)C2)o1)c1ccccc1F. The maximum absolute atomic E-state index is 13.7. The van der Waals surface area contributed by atoms with Crippen molar-refractivity contribution in [2.24, 2.45) is 0 Å². The van der Waals surface area contributed by atoms with Crippen LogP contribution in [0, 0.1) is 5.82 Å². The number of alkyl halides is 3. The maximum Gasteiger partial charge on any atom is 0.573 e. The maximum atomic E-state index is 13.7. The van der Waals surface area contributed by atoms with E-state index in [2.05, 4.69) is 20.3 Å². The molecular formula is C20H14F4N4O4. The molecule has 0 aliphatic carbocycles. The molecule has 32 heavy (non-hydrogen) atoms. The zero-order chi connectivity index (χ0) is 22.9. The van der Waals surface area contributed by atoms with Gasteiger partial charge in [-0.25, -0.2) is 4.39 Å². The predicted molar refractivity (Wildman–Crippen MR) is 101 cm³/mol. The summed E-state index contributed by atoms with van der Waals surface area (Å²) in [6.07, 6.45) is -4.79. The molecule has 8 nitrogen and oxygen atoms in total. The van der Waals surface area contributed by atoms with Crippen LogP contribution in [-0.2, 0) is 4.79 Å². The van der Waals surface area contributed by atoms with Gasteiger partial charge in [-0.15, -0.1) is 18.3 Å². The Labute approximate surface area is 177 Å². The molecule has 0 bridgehead atoms. The number of hydrogen-bond donors (Lipinski definition) is 1. The third kappa shape index (κ3) is 4.68. The van der Waals surface area contributed by atoms with Gasteiger partial charge in [-0.05, 0) is 36.4 Å². The second-order valence-corrected chi connectivity index (χ2v) is 6.83. The standard InChI is InChI=1S/C20H14F4N4O4/c21-15-4-2-1-3-14(15)17(30)25-19-27-26-18(31-19)11-9-16(29)28(10-11)12-5-7-13(8-6-12)32-20(22,23)24/h1-8,11H,9-10H2,(H,25,27,30)/t11-/m1/s1. The van der Waals surface area contributed by atoms with Gasteiger partial charge >= 0.3 is 12.4 Å². The molecular weight excluding hydrogens is 436 g/mol. The number of hydrogen-bond acceptors (Lipinski definition) is 6. The highest BCUT2D eigenvalue weighted by atomic mass is 19.4. The molecule has 1 fully saturated rings. The van der Waals surface area contributed by atoms with Gasteiger partial charge in [0.05, 0.1) is 11.5 Å². The van der Waals surface area contributed by atoms with E-state index in [-0.39, 0.29) is 36.3 Å². The number of aromatic nitrogens is 2. The fourth-order valence-electron chi connectivity index (χ4n) is 3.21. The van der Waals surface area contributed by atoms with Gasteiger partial charge in [-0.3, -0.25) is 14.9 Å². The molecule has 3 aromatic rings. The molecule has 0 unspecified atom stereocenters. The van der Waals surface area contributed by atoms with E-state index in [9.17, 15) is 27.2 Å². The van der Waals surface area contributed by atoms with Crippen molar-refractivity contribution in [1.29, 1.82) is 0 Å². The Bertz CT molecular complexity index is 1150. The zero-order valence-electron chi connectivity index (χ0n) is 16.1. The number of halogens is 4. The first-order valence-corrected chi connectivity index (χ1v) is 9.25. The minimum absolute atomic E-state index is 0.0176. The molecule has 2 heterocycles. The molecule has 2 aromatic carbocycles. The Kier molecular flexibility index (Phi) is 5.51. The molecule has 4 rings (SSSR count). The minimum atomic E-state index is -4.81. The van der Waals surface area contributed by atoms with Gasteiger partial charge < -0.3 is 14.1 Å². The van der Waals surface area contributed by atoms with Gasteiger partial charge in [-0.1, -0.05) is 17.2 Å². The molecule has 1 N–H and O–H groups in total. The lowest BCUT2D eigenvalue weighted by Gasteiger charge is -2.17. The van der Waals surface area contributed by atoms with Gasteiger partial charge in [-0.2, -0.15) is 0 Å². The molecule has 0 saturated carbocycles. The van der Waals surface area contributed by atoms with E-state index < -0.39 is 29.8 Å². The first-order valence-electron chi connectivity index (χ1n) is 9.25. The Morgan fingerprint density at radius 3 is 2.53 bits per heavy atom. The van der Waals surface area contributed by atoms with Crippen LogP contribution in [-0.4, -0.2) is 34.9 Å². The number of ether oxygens (including phenoxy) is 1. The fraction of sp³-hybridized carbons (Fsp3) is 0.200. The monoisotopic (exact) mass is 450 g/mol. The molecule has 1 aliphatic rings. The van der Waals surface area contributed by atoms with Gasteiger partial charge in [0.2, 0.25) is 11.8 Å². The number of anilines is 2. The second kappa shape index (κ2) is 8.29. The van der Waals surface area contributed by atoms with E-state index in [1.165, 1.54) is 35.2 Å². The number of nitrogens with zero attached hydrogens (tertiary/aromatic N) is 3. The first-order chi connectivity index (χ1) is 15.2. The van der Waals surface area contributed by atoms with E-state index in [4.69, 9.17) is 4.42 Å². The average molecular weight is 450 g/mol. The second-order valence-electron chi connectivity index (χ2n) is 6.83. The van der Waals surface area contributed by atoms with Gasteiger partial charge in [0.25, 0.3) is 5.91 Å². The molecule has 12 heteroatoms. The molecule has 166 valence electrons. The largest absolute Gasteiger partial charge is 0.573 e. The lowest BCUT2D eigenvalue weighted by Crippen LogP contribution is -2.24. The normalized spacial score (nSPS) is 16.3. The lowest BCUT2D eigenvalue weighted by molar-refractivity contribution is -0.274. The summed E-state index contributed by atoms with van der Waals surface area (Å²) in [5.74, 6) is -2.61. The van der Waals surface area contributed by atoms with E-state index >= 15 is 0 Å². The Morgan fingerprint density at radius 2 is 1.84 bits per heavy atom. The van der Waals surface area contributed by atoms with Crippen molar-refractivity contribution in [2.45, 2.75) is 18.7 Å². The summed E-state index contributed by atoms with van der Waals surface area (Å²) in [4.78, 5) is 25.9. The Hall–Kier alpha value is -3.96. The first kappa shape index (κ1) is 21.3. The summed E-state index contributed by atoms with van der Waals surface area (Å²) in [6.45, 7) is 0.140. The molecule has 1 aromatic heterocycles. The van der Waals surface area contributed by atoms with Gasteiger partial charge in [0.15, 0.2) is 0 Å². The van der Waals surface area contributed by atoms with Crippen LogP contribution in [0.3, 0.4) is 0 Å². The average Bonchev–Trinajstić information content (AvgIpc) is 3.34. The molecule has 1 saturated heterocycles. The quantitative estimate of drug-likeness (QED) is 0.593. The third-order valence-electron chi connectivity index (χ3n) is 4.64. The van der Waals surface area contributed by atoms with Crippen LogP contribution in [0.2, 0.25) is 0 Å². The molecule has 0 radical (unpaired) electrons. The summed E-state index contributed by atoms with van der Waals surface area (Å²) in [5.41, 5.74) is 0.173. The van der Waals surface area contributed by atoms with Crippen LogP contribution in [0.25, 0.3) is 0 Å². The lowest BCUT2D eigenvalue weighted by atomic mass is 10.1. The van der Waals surface area contributed by atoms with Crippen molar-refractivity contribution in [3.05, 3.63) is 65.8 Å². The van der Waals surface area contributed by atoms with Crippen molar-refractivity contribution >= 4 is 23.5 Å². The Morgan fingerprint density at radius 1 is 1.12 bits per heavy atom. The fourth-order valence-corrected chi connectivity index (χ4v) is 3.21. The number of nitrogens with one attached hydrogen (secondary N) is 1. The third-order valence-corrected chi connectivity index (χ3v) is 4.64. The van der Waals surface area contributed by atoms with E-state index in [1.807, 2.05) is 0 Å². The number of amides is 2. The van der Waals surface area contributed by atoms with Crippen molar-refractivity contribution in [1.82, 2.24) is 10.2 Å². The van der Waals surface area contributed by atoms with Crippen LogP contribution in [0.1, 0.15) is 28.6 Å². The number of rotatable bonds is 5. The minimum Gasteiger partial charge on any atom is -0.407 e. The zero-order valence-corrected chi connectivity index (χ0v) is 16.1. The summed E-state index contributed by atoms with van der Waals surface area (Å²) < 4.78 is 59.8. The number of carbonyl (C=O) groups excluding carboxylic acids is 2. The summed E-state index contributed by atoms with van der Waals surface area (Å²) in [7, 11) is 0. The number of benzene rings is 2. The summed E-state index contributed by atoms with van der Waals surface area (Å²) in [5, 5.41) is 9.83. The van der Waals surface area contributed by atoms with E-state index in [0.29, 0.717) is 5.69 Å². The van der Waals surface area contributed by atoms with Gasteiger partial charge in [0.1, 0.15) is 11.6 Å². The van der Waals surface area contributed by atoms with Crippen molar-refractivity contribution < 1.29 is 36.3 Å². The molecule has 1 atom stereocenters. The molecule has 2 amide bonds. The van der Waals surface area contributed by atoms with Crippen LogP contribution in [0.15, 0.2) is 52.9 Å². The van der Waals surface area contributed by atoms with Crippen molar-refractivity contribution in [3.63, 3.8) is 0 Å². The topological polar surface area (TPSA) is 97.6 Å². The highest BCUT2D eigenvalue weighted by Gasteiger charge is 2.35. The van der Waals surface area contributed by atoms with Crippen molar-refractivity contribution in [3.8, 4) is 5.75 Å². The summed E-state index contributed by atoms with van der Waals surface area (Å²) >= 11 is 0. The van der Waals surface area contributed by atoms with Crippen LogP contribution in [0.4, 0.5) is 29.3 Å². The van der Waals surface area contributed by atoms with Crippen LogP contribution < -0.4 is 15.0 Å². The Balaban J connectivity index is 1.42. The predicted octanol–water partition coefficient (Wildman–Crippen LogP) is 3.88.